The summed E-state index contributed by atoms with van der Waals surface area (Å²) in [4.78, 5) is 31.6. The number of para-hydroxylation sites is 1. The number of hydrogen-bond donors (Lipinski definition) is 1. The van der Waals surface area contributed by atoms with E-state index in [-0.39, 0.29) is 17.2 Å². The predicted molar refractivity (Wildman–Crippen MR) is 125 cm³/mol. The van der Waals surface area contributed by atoms with Crippen LogP contribution in [0.1, 0.15) is 12.5 Å². The zero-order valence-electron chi connectivity index (χ0n) is 16.7. The molecular weight excluding hydrogens is 414 g/mol. The Hall–Kier alpha value is -2.90. The van der Waals surface area contributed by atoms with E-state index in [1.165, 1.54) is 27.7 Å². The Bertz CT molecular complexity index is 1260. The van der Waals surface area contributed by atoms with Crippen LogP contribution in [0.2, 0.25) is 0 Å². The molecule has 4 aromatic rings. The second-order valence-electron chi connectivity index (χ2n) is 6.80. The Balaban J connectivity index is 1.55. The molecule has 0 radical (unpaired) electrons. The molecule has 0 saturated heterocycles. The van der Waals surface area contributed by atoms with Crippen molar-refractivity contribution in [1.82, 2.24) is 9.55 Å². The third-order valence-electron chi connectivity index (χ3n) is 4.79. The minimum atomic E-state index is -0.119. The van der Waals surface area contributed by atoms with Gasteiger partial charge in [0.25, 0.3) is 5.56 Å². The molecule has 0 unspecified atom stereocenters. The Morgan fingerprint density at radius 1 is 1.13 bits per heavy atom. The van der Waals surface area contributed by atoms with Crippen molar-refractivity contribution in [3.05, 3.63) is 76.6 Å². The summed E-state index contributed by atoms with van der Waals surface area (Å²) in [6.07, 6.45) is 0.846. The molecule has 0 atom stereocenters. The summed E-state index contributed by atoms with van der Waals surface area (Å²) < 4.78 is 1.52. The number of nitrogens with zero attached hydrogens (tertiary/aromatic N) is 2. The fraction of sp³-hybridized carbons (Fsp3) is 0.174. The highest BCUT2D eigenvalue weighted by Crippen LogP contribution is 2.32. The summed E-state index contributed by atoms with van der Waals surface area (Å²) in [6, 6.07) is 19.6. The van der Waals surface area contributed by atoms with Gasteiger partial charge in [-0.15, -0.1) is 11.3 Å². The highest BCUT2D eigenvalue weighted by Gasteiger charge is 2.15. The van der Waals surface area contributed by atoms with Gasteiger partial charge in [0.15, 0.2) is 5.16 Å². The molecule has 2 heterocycles. The second-order valence-corrected chi connectivity index (χ2v) is 8.77. The average molecular weight is 436 g/mol. The number of thioether (sulfide) groups is 1. The number of aromatic nitrogens is 2. The van der Waals surface area contributed by atoms with E-state index in [0.29, 0.717) is 15.4 Å². The minimum absolute atomic E-state index is 0.0994. The molecule has 152 valence electrons. The smallest absolute Gasteiger partial charge is 0.262 e. The molecule has 0 aliphatic carbocycles. The molecule has 0 bridgehead atoms. The van der Waals surface area contributed by atoms with Crippen molar-refractivity contribution in [2.75, 3.05) is 11.1 Å². The van der Waals surface area contributed by atoms with Gasteiger partial charge in [0.2, 0.25) is 5.91 Å². The van der Waals surface area contributed by atoms with Crippen LogP contribution in [0.15, 0.2) is 70.6 Å². The van der Waals surface area contributed by atoms with Crippen LogP contribution in [0, 0.1) is 0 Å². The average Bonchev–Trinajstić information content (AvgIpc) is 3.20. The van der Waals surface area contributed by atoms with Crippen LogP contribution in [0.5, 0.6) is 0 Å². The lowest BCUT2D eigenvalue weighted by Gasteiger charge is -2.10. The molecule has 0 saturated carbocycles. The van der Waals surface area contributed by atoms with E-state index in [2.05, 4.69) is 17.2 Å². The van der Waals surface area contributed by atoms with Gasteiger partial charge in [-0.3, -0.25) is 14.2 Å². The standard InChI is InChI=1S/C23H21N3O2S2/c1-3-15-9-7-8-12-18(15)24-20(27)14-29-23-25-21-17(22(28)26(23)2)13-19(30-21)16-10-5-4-6-11-16/h4-13H,3,14H2,1-2H3,(H,24,27). The topological polar surface area (TPSA) is 64.0 Å². The lowest BCUT2D eigenvalue weighted by atomic mass is 10.1. The van der Waals surface area contributed by atoms with Crippen molar-refractivity contribution in [2.45, 2.75) is 18.5 Å². The second kappa shape index (κ2) is 8.85. The first kappa shape index (κ1) is 20.4. The summed E-state index contributed by atoms with van der Waals surface area (Å²) in [5.74, 6) is 0.0622. The van der Waals surface area contributed by atoms with Crippen molar-refractivity contribution in [3.8, 4) is 10.4 Å². The molecule has 0 spiro atoms. The van der Waals surface area contributed by atoms with Gasteiger partial charge in [-0.25, -0.2) is 4.98 Å². The Morgan fingerprint density at radius 3 is 2.63 bits per heavy atom. The van der Waals surface area contributed by atoms with Gasteiger partial charge in [0.05, 0.1) is 11.1 Å². The zero-order chi connectivity index (χ0) is 21.1. The van der Waals surface area contributed by atoms with Gasteiger partial charge in [0.1, 0.15) is 4.83 Å². The third kappa shape index (κ3) is 4.17. The van der Waals surface area contributed by atoms with Crippen LogP contribution in [0.3, 0.4) is 0 Å². The fourth-order valence-electron chi connectivity index (χ4n) is 3.19. The first-order chi connectivity index (χ1) is 14.6. The van der Waals surface area contributed by atoms with Crippen LogP contribution in [-0.2, 0) is 18.3 Å². The van der Waals surface area contributed by atoms with E-state index in [0.717, 1.165) is 28.1 Å². The maximum atomic E-state index is 12.8. The lowest BCUT2D eigenvalue weighted by Crippen LogP contribution is -2.21. The molecule has 2 aromatic carbocycles. The number of carbonyl (C=O) groups excluding carboxylic acids is 1. The van der Waals surface area contributed by atoms with Crippen molar-refractivity contribution in [2.24, 2.45) is 7.05 Å². The number of benzene rings is 2. The molecule has 30 heavy (non-hydrogen) atoms. The first-order valence-electron chi connectivity index (χ1n) is 9.63. The maximum absolute atomic E-state index is 12.8. The van der Waals surface area contributed by atoms with Gasteiger partial charge in [0, 0.05) is 17.6 Å². The van der Waals surface area contributed by atoms with Gasteiger partial charge >= 0.3 is 0 Å². The number of fused-ring (bicyclic) bond motifs is 1. The molecule has 7 heteroatoms. The number of nitrogens with one attached hydrogen (secondary N) is 1. The monoisotopic (exact) mass is 435 g/mol. The fourth-order valence-corrected chi connectivity index (χ4v) is 5.04. The molecule has 0 aliphatic heterocycles. The first-order valence-corrected chi connectivity index (χ1v) is 11.4. The number of rotatable bonds is 6. The number of amides is 1. The third-order valence-corrected chi connectivity index (χ3v) is 6.90. The largest absolute Gasteiger partial charge is 0.325 e. The molecule has 2 aromatic heterocycles. The quantitative estimate of drug-likeness (QED) is 0.344. The van der Waals surface area contributed by atoms with Crippen molar-refractivity contribution < 1.29 is 4.79 Å². The van der Waals surface area contributed by atoms with Crippen LogP contribution in [0.4, 0.5) is 5.69 Å². The van der Waals surface area contributed by atoms with E-state index in [9.17, 15) is 9.59 Å². The lowest BCUT2D eigenvalue weighted by molar-refractivity contribution is -0.113. The summed E-state index contributed by atoms with van der Waals surface area (Å²) >= 11 is 2.76. The number of anilines is 1. The molecule has 1 N–H and O–H groups in total. The SMILES string of the molecule is CCc1ccccc1NC(=O)CSc1nc2sc(-c3ccccc3)cc2c(=O)n1C. The van der Waals surface area contributed by atoms with E-state index in [1.54, 1.807) is 7.05 Å². The predicted octanol–water partition coefficient (Wildman–Crippen LogP) is 4.96. The van der Waals surface area contributed by atoms with Gasteiger partial charge < -0.3 is 5.32 Å². The Labute approximate surface area is 182 Å². The summed E-state index contributed by atoms with van der Waals surface area (Å²) in [7, 11) is 1.70. The highest BCUT2D eigenvalue weighted by atomic mass is 32.2. The minimum Gasteiger partial charge on any atom is -0.325 e. The number of hydrogen-bond acceptors (Lipinski definition) is 5. The summed E-state index contributed by atoms with van der Waals surface area (Å²) in [6.45, 7) is 2.05. The van der Waals surface area contributed by atoms with Crippen LogP contribution in [-0.4, -0.2) is 21.2 Å². The summed E-state index contributed by atoms with van der Waals surface area (Å²) in [5, 5.41) is 4.10. The Kier molecular flexibility index (Phi) is 6.01. The molecule has 5 nitrogen and oxygen atoms in total. The van der Waals surface area contributed by atoms with Crippen LogP contribution >= 0.6 is 23.1 Å². The van der Waals surface area contributed by atoms with Crippen LogP contribution < -0.4 is 10.9 Å². The van der Waals surface area contributed by atoms with E-state index in [1.807, 2.05) is 60.7 Å². The van der Waals surface area contributed by atoms with Crippen molar-refractivity contribution in [1.29, 1.82) is 0 Å². The number of aryl methyl sites for hydroxylation is 1. The Morgan fingerprint density at radius 2 is 1.87 bits per heavy atom. The van der Waals surface area contributed by atoms with Gasteiger partial charge in [-0.1, -0.05) is 67.2 Å². The van der Waals surface area contributed by atoms with Crippen molar-refractivity contribution >= 4 is 44.9 Å². The van der Waals surface area contributed by atoms with E-state index >= 15 is 0 Å². The zero-order valence-corrected chi connectivity index (χ0v) is 18.3. The van der Waals surface area contributed by atoms with Gasteiger partial charge in [-0.05, 0) is 29.7 Å². The summed E-state index contributed by atoms with van der Waals surface area (Å²) in [5.41, 5.74) is 2.88. The normalized spacial score (nSPS) is 11.0. The van der Waals surface area contributed by atoms with Gasteiger partial charge in [-0.2, -0.15) is 0 Å². The molecular formula is C23H21N3O2S2. The van der Waals surface area contributed by atoms with E-state index in [4.69, 9.17) is 0 Å². The van der Waals surface area contributed by atoms with Crippen molar-refractivity contribution in [3.63, 3.8) is 0 Å². The van der Waals surface area contributed by atoms with Crippen LogP contribution in [0.25, 0.3) is 20.7 Å². The molecule has 0 aliphatic rings. The molecule has 0 fully saturated rings. The van der Waals surface area contributed by atoms with E-state index < -0.39 is 0 Å². The molecule has 1 amide bonds. The molecule has 4 rings (SSSR count). The number of thiophene rings is 1. The highest BCUT2D eigenvalue weighted by molar-refractivity contribution is 7.99. The number of carbonyl (C=O) groups is 1. The maximum Gasteiger partial charge on any atom is 0.262 e.